The van der Waals surface area contributed by atoms with Crippen LogP contribution in [0.15, 0.2) is 62.6 Å². The molecule has 35 heavy (non-hydrogen) atoms. The first-order chi connectivity index (χ1) is 17.1. The lowest BCUT2D eigenvalue weighted by Gasteiger charge is -2.34. The van der Waals surface area contributed by atoms with E-state index in [1.807, 2.05) is 48.2 Å². The zero-order valence-corrected chi connectivity index (χ0v) is 20.2. The summed E-state index contributed by atoms with van der Waals surface area (Å²) in [5.41, 5.74) is 3.92. The highest BCUT2D eigenvalue weighted by molar-refractivity contribution is 7.98. The molecule has 1 saturated heterocycles. The van der Waals surface area contributed by atoms with E-state index in [0.29, 0.717) is 29.8 Å². The normalized spacial score (nSPS) is 15.7. The zero-order chi connectivity index (χ0) is 23.8. The fourth-order valence-corrected chi connectivity index (χ4v) is 5.12. The van der Waals surface area contributed by atoms with E-state index >= 15 is 0 Å². The molecule has 0 unspecified atom stereocenters. The number of carbonyl (C=O) groups excluding carboxylic acids is 1. The Balaban J connectivity index is 1.02. The molecule has 180 valence electrons. The third-order valence-corrected chi connectivity index (χ3v) is 7.16. The number of ether oxygens (including phenoxy) is 2. The molecule has 4 aromatic rings. The molecule has 6 rings (SSSR count). The number of piperazine rings is 1. The maximum absolute atomic E-state index is 13.0. The van der Waals surface area contributed by atoms with Crippen LogP contribution < -0.4 is 9.47 Å². The van der Waals surface area contributed by atoms with Gasteiger partial charge in [0, 0.05) is 32.7 Å². The third-order valence-electron chi connectivity index (χ3n) is 6.31. The molecule has 0 saturated carbocycles. The van der Waals surface area contributed by atoms with E-state index in [4.69, 9.17) is 18.3 Å². The smallest absolute Gasteiger partial charge is 0.289 e. The molecule has 2 aromatic heterocycles. The molecule has 1 fully saturated rings. The minimum Gasteiger partial charge on any atom is -0.455 e. The van der Waals surface area contributed by atoms with Gasteiger partial charge in [-0.1, -0.05) is 30.0 Å². The highest BCUT2D eigenvalue weighted by Crippen LogP contribution is 2.33. The van der Waals surface area contributed by atoms with E-state index in [-0.39, 0.29) is 12.7 Å². The van der Waals surface area contributed by atoms with Crippen molar-refractivity contribution in [2.45, 2.75) is 24.4 Å². The van der Waals surface area contributed by atoms with Gasteiger partial charge in [0.1, 0.15) is 11.3 Å². The molecule has 2 aliphatic rings. The standard InChI is InChI=1S/C26H25N3O5S/c1-17-3-2-4-21-24(17)27-26(34-21)35-15-19-6-8-22(33-19)25(30)29-11-9-28(10-12-29)14-18-5-7-20-23(13-18)32-16-31-20/h2-8,13H,9-12,14-16H2,1H3. The highest BCUT2D eigenvalue weighted by Gasteiger charge is 2.25. The molecule has 0 spiro atoms. The second-order valence-corrected chi connectivity index (χ2v) is 9.64. The van der Waals surface area contributed by atoms with Crippen molar-refractivity contribution in [3.8, 4) is 11.5 Å². The van der Waals surface area contributed by atoms with Crippen LogP contribution in [0, 0.1) is 6.92 Å². The van der Waals surface area contributed by atoms with Gasteiger partial charge in [0.2, 0.25) is 6.79 Å². The first kappa shape index (κ1) is 22.1. The number of hydrogen-bond acceptors (Lipinski definition) is 8. The van der Waals surface area contributed by atoms with Crippen LogP contribution >= 0.6 is 11.8 Å². The van der Waals surface area contributed by atoms with Crippen LogP contribution in [0.25, 0.3) is 11.1 Å². The molecule has 2 aromatic carbocycles. The third kappa shape index (κ3) is 4.61. The van der Waals surface area contributed by atoms with E-state index in [9.17, 15) is 4.79 Å². The Morgan fingerprint density at radius 1 is 1.00 bits per heavy atom. The van der Waals surface area contributed by atoms with Crippen molar-refractivity contribution >= 4 is 28.8 Å². The molecular formula is C26H25N3O5S. The van der Waals surface area contributed by atoms with E-state index in [0.717, 1.165) is 53.6 Å². The predicted molar refractivity (Wildman–Crippen MR) is 131 cm³/mol. The minimum absolute atomic E-state index is 0.0681. The molecule has 9 heteroatoms. The molecule has 1 amide bonds. The van der Waals surface area contributed by atoms with E-state index in [1.165, 1.54) is 17.3 Å². The number of fused-ring (bicyclic) bond motifs is 2. The molecule has 0 aliphatic carbocycles. The number of aryl methyl sites for hydroxylation is 1. The number of aromatic nitrogens is 1. The molecular weight excluding hydrogens is 466 g/mol. The topological polar surface area (TPSA) is 81.2 Å². The van der Waals surface area contributed by atoms with Crippen LogP contribution in [-0.4, -0.2) is 53.7 Å². The van der Waals surface area contributed by atoms with Gasteiger partial charge in [-0.2, -0.15) is 0 Å². The van der Waals surface area contributed by atoms with Gasteiger partial charge in [-0.3, -0.25) is 9.69 Å². The Kier molecular flexibility index (Phi) is 5.87. The van der Waals surface area contributed by atoms with Gasteiger partial charge in [0.15, 0.2) is 22.8 Å². The summed E-state index contributed by atoms with van der Waals surface area (Å²) in [7, 11) is 0. The van der Waals surface area contributed by atoms with Crippen LogP contribution in [0.2, 0.25) is 0 Å². The predicted octanol–water partition coefficient (Wildman–Crippen LogP) is 4.71. The lowest BCUT2D eigenvalue weighted by atomic mass is 10.1. The monoisotopic (exact) mass is 491 g/mol. The number of benzene rings is 2. The molecule has 2 aliphatic heterocycles. The number of oxazole rings is 1. The molecule has 4 heterocycles. The van der Waals surface area contributed by atoms with Gasteiger partial charge in [-0.15, -0.1) is 0 Å². The second kappa shape index (κ2) is 9.31. The van der Waals surface area contributed by atoms with Crippen molar-refractivity contribution in [1.82, 2.24) is 14.8 Å². The maximum Gasteiger partial charge on any atom is 0.289 e. The number of amides is 1. The fourth-order valence-electron chi connectivity index (χ4n) is 4.39. The van der Waals surface area contributed by atoms with Crippen LogP contribution in [0.4, 0.5) is 0 Å². The molecule has 0 radical (unpaired) electrons. The van der Waals surface area contributed by atoms with Crippen LogP contribution in [0.5, 0.6) is 11.5 Å². The van der Waals surface area contributed by atoms with Crippen molar-refractivity contribution in [1.29, 1.82) is 0 Å². The molecule has 0 N–H and O–H groups in total. The first-order valence-electron chi connectivity index (χ1n) is 11.6. The Labute approximate surface area is 206 Å². The SMILES string of the molecule is Cc1cccc2oc(SCc3ccc(C(=O)N4CCN(Cc5ccc6c(c5)OCO6)CC4)o3)nc12. The van der Waals surface area contributed by atoms with Crippen molar-refractivity contribution in [2.24, 2.45) is 0 Å². The van der Waals surface area contributed by atoms with Gasteiger partial charge in [-0.05, 0) is 48.4 Å². The van der Waals surface area contributed by atoms with Crippen LogP contribution in [0.3, 0.4) is 0 Å². The van der Waals surface area contributed by atoms with E-state index in [2.05, 4.69) is 16.0 Å². The number of carbonyl (C=O) groups is 1. The number of furan rings is 1. The number of rotatable bonds is 6. The minimum atomic E-state index is -0.0681. The van der Waals surface area contributed by atoms with Gasteiger partial charge in [-0.25, -0.2) is 4.98 Å². The number of para-hydroxylation sites is 1. The van der Waals surface area contributed by atoms with Crippen LogP contribution in [-0.2, 0) is 12.3 Å². The summed E-state index contributed by atoms with van der Waals surface area (Å²) in [4.78, 5) is 21.7. The van der Waals surface area contributed by atoms with Crippen molar-refractivity contribution < 1.29 is 23.1 Å². The Morgan fingerprint density at radius 2 is 1.86 bits per heavy atom. The summed E-state index contributed by atoms with van der Waals surface area (Å²) in [6, 6.07) is 15.5. The summed E-state index contributed by atoms with van der Waals surface area (Å²) < 4.78 is 22.5. The summed E-state index contributed by atoms with van der Waals surface area (Å²) in [6.45, 7) is 6.05. The Hall–Kier alpha value is -3.43. The Morgan fingerprint density at radius 3 is 2.71 bits per heavy atom. The molecule has 0 bridgehead atoms. The highest BCUT2D eigenvalue weighted by atomic mass is 32.2. The molecule has 0 atom stereocenters. The average Bonchev–Trinajstić information content (AvgIpc) is 3.62. The first-order valence-corrected chi connectivity index (χ1v) is 12.6. The number of hydrogen-bond donors (Lipinski definition) is 0. The summed E-state index contributed by atoms with van der Waals surface area (Å²) in [5, 5.41) is 0.595. The van der Waals surface area contributed by atoms with E-state index < -0.39 is 0 Å². The van der Waals surface area contributed by atoms with Gasteiger partial charge >= 0.3 is 0 Å². The van der Waals surface area contributed by atoms with Crippen LogP contribution in [0.1, 0.15) is 27.4 Å². The summed E-state index contributed by atoms with van der Waals surface area (Å²) in [5.74, 6) is 3.17. The maximum atomic E-state index is 13.0. The van der Waals surface area contributed by atoms with E-state index in [1.54, 1.807) is 6.07 Å². The Bertz CT molecular complexity index is 1370. The molecule has 8 nitrogen and oxygen atoms in total. The largest absolute Gasteiger partial charge is 0.455 e. The quantitative estimate of drug-likeness (QED) is 0.359. The fraction of sp³-hybridized carbons (Fsp3) is 0.308. The number of thioether (sulfide) groups is 1. The lowest BCUT2D eigenvalue weighted by molar-refractivity contribution is 0.0596. The second-order valence-electron chi connectivity index (χ2n) is 8.71. The van der Waals surface area contributed by atoms with Crippen molar-refractivity contribution in [3.05, 3.63) is 71.2 Å². The van der Waals surface area contributed by atoms with Crippen molar-refractivity contribution in [2.75, 3.05) is 33.0 Å². The van der Waals surface area contributed by atoms with Gasteiger partial charge in [0.05, 0.1) is 5.75 Å². The average molecular weight is 492 g/mol. The number of nitrogens with zero attached hydrogens (tertiary/aromatic N) is 3. The van der Waals surface area contributed by atoms with Crippen molar-refractivity contribution in [3.63, 3.8) is 0 Å². The summed E-state index contributed by atoms with van der Waals surface area (Å²) in [6.07, 6.45) is 0. The lowest BCUT2D eigenvalue weighted by Crippen LogP contribution is -2.48. The van der Waals surface area contributed by atoms with Gasteiger partial charge in [0.25, 0.3) is 11.1 Å². The summed E-state index contributed by atoms with van der Waals surface area (Å²) >= 11 is 1.46. The zero-order valence-electron chi connectivity index (χ0n) is 19.4. The van der Waals surface area contributed by atoms with Gasteiger partial charge < -0.3 is 23.2 Å².